The van der Waals surface area contributed by atoms with Gasteiger partial charge in [-0.3, -0.25) is 0 Å². The number of thiocarbonyl (C=S) groups is 1. The van der Waals surface area contributed by atoms with Gasteiger partial charge in [0.15, 0.2) is 5.11 Å². The van der Waals surface area contributed by atoms with Crippen LogP contribution in [0.1, 0.15) is 24.1 Å². The molecular weight excluding hydrogens is 352 g/mol. The van der Waals surface area contributed by atoms with Crippen LogP contribution in [-0.4, -0.2) is 11.7 Å². The molecule has 27 heavy (non-hydrogen) atoms. The van der Waals surface area contributed by atoms with E-state index in [-0.39, 0.29) is 6.04 Å². The second-order valence-electron chi connectivity index (χ2n) is 6.21. The number of benzene rings is 3. The molecule has 1 unspecified atom stereocenters. The maximum absolute atomic E-state index is 5.56. The van der Waals surface area contributed by atoms with Crippen LogP contribution in [0.5, 0.6) is 5.75 Å². The van der Waals surface area contributed by atoms with Crippen molar-refractivity contribution < 1.29 is 4.74 Å². The van der Waals surface area contributed by atoms with E-state index in [0.29, 0.717) is 11.7 Å². The van der Waals surface area contributed by atoms with E-state index in [1.165, 1.54) is 11.1 Å². The van der Waals surface area contributed by atoms with Gasteiger partial charge >= 0.3 is 0 Å². The summed E-state index contributed by atoms with van der Waals surface area (Å²) < 4.78 is 5.48. The standard InChI is InChI=1S/C23H24N2OS/c1-2-26-21-15-13-20(14-16-21)24-23(27)25-22(19-11-7-4-8-12-19)17-18-9-5-3-6-10-18/h3-16,22H,2,17H2,1H3,(H2,24,25,27). The largest absolute Gasteiger partial charge is 0.494 e. The van der Waals surface area contributed by atoms with Crippen molar-refractivity contribution in [2.75, 3.05) is 11.9 Å². The van der Waals surface area contributed by atoms with Crippen LogP contribution in [0.3, 0.4) is 0 Å². The minimum absolute atomic E-state index is 0.0938. The Morgan fingerprint density at radius 3 is 2.15 bits per heavy atom. The van der Waals surface area contributed by atoms with Gasteiger partial charge in [0.05, 0.1) is 12.6 Å². The summed E-state index contributed by atoms with van der Waals surface area (Å²) in [5.74, 6) is 0.855. The second kappa shape index (κ2) is 9.74. The van der Waals surface area contributed by atoms with Gasteiger partial charge in [-0.2, -0.15) is 0 Å². The molecule has 1 atom stereocenters. The number of rotatable bonds is 7. The zero-order valence-corrected chi connectivity index (χ0v) is 16.2. The van der Waals surface area contributed by atoms with Crippen LogP contribution >= 0.6 is 12.2 Å². The van der Waals surface area contributed by atoms with Crippen LogP contribution in [0.15, 0.2) is 84.9 Å². The lowest BCUT2D eigenvalue weighted by molar-refractivity contribution is 0.340. The van der Waals surface area contributed by atoms with Gasteiger partial charge in [-0.15, -0.1) is 0 Å². The predicted molar refractivity (Wildman–Crippen MR) is 116 cm³/mol. The third kappa shape index (κ3) is 5.83. The first kappa shape index (κ1) is 18.9. The Hall–Kier alpha value is -2.85. The fourth-order valence-electron chi connectivity index (χ4n) is 2.91. The van der Waals surface area contributed by atoms with Crippen LogP contribution < -0.4 is 15.4 Å². The Labute approximate surface area is 166 Å². The fraction of sp³-hybridized carbons (Fsp3) is 0.174. The molecule has 3 aromatic carbocycles. The summed E-state index contributed by atoms with van der Waals surface area (Å²) in [7, 11) is 0. The molecule has 0 aliphatic heterocycles. The van der Waals surface area contributed by atoms with Gasteiger partial charge in [-0.25, -0.2) is 0 Å². The molecule has 0 heterocycles. The summed E-state index contributed by atoms with van der Waals surface area (Å²) in [6, 6.07) is 28.7. The fourth-order valence-corrected chi connectivity index (χ4v) is 3.17. The topological polar surface area (TPSA) is 33.3 Å². The van der Waals surface area contributed by atoms with E-state index in [2.05, 4.69) is 59.2 Å². The molecule has 0 aromatic heterocycles. The second-order valence-corrected chi connectivity index (χ2v) is 6.62. The average molecular weight is 377 g/mol. The summed E-state index contributed by atoms with van der Waals surface area (Å²) in [5.41, 5.74) is 3.40. The van der Waals surface area contributed by atoms with Gasteiger partial charge < -0.3 is 15.4 Å². The van der Waals surface area contributed by atoms with Crippen LogP contribution in [0.4, 0.5) is 5.69 Å². The number of anilines is 1. The minimum Gasteiger partial charge on any atom is -0.494 e. The molecule has 0 aliphatic carbocycles. The summed E-state index contributed by atoms with van der Waals surface area (Å²) in [4.78, 5) is 0. The molecule has 3 nitrogen and oxygen atoms in total. The zero-order chi connectivity index (χ0) is 18.9. The molecule has 3 rings (SSSR count). The van der Waals surface area contributed by atoms with Crippen molar-refractivity contribution >= 4 is 23.0 Å². The van der Waals surface area contributed by atoms with Crippen molar-refractivity contribution in [2.45, 2.75) is 19.4 Å². The number of hydrogen-bond donors (Lipinski definition) is 2. The maximum Gasteiger partial charge on any atom is 0.171 e. The van der Waals surface area contributed by atoms with Crippen molar-refractivity contribution in [2.24, 2.45) is 0 Å². The molecule has 0 spiro atoms. The molecule has 0 aliphatic rings. The van der Waals surface area contributed by atoms with Crippen molar-refractivity contribution in [1.29, 1.82) is 0 Å². The minimum atomic E-state index is 0.0938. The number of hydrogen-bond acceptors (Lipinski definition) is 2. The molecule has 4 heteroatoms. The van der Waals surface area contributed by atoms with Crippen LogP contribution in [-0.2, 0) is 6.42 Å². The van der Waals surface area contributed by atoms with Crippen molar-refractivity contribution in [3.8, 4) is 5.75 Å². The van der Waals surface area contributed by atoms with Gasteiger partial charge in [0, 0.05) is 5.69 Å². The first-order valence-electron chi connectivity index (χ1n) is 9.14. The summed E-state index contributed by atoms with van der Waals surface area (Å²) in [6.45, 7) is 2.63. The van der Waals surface area contributed by atoms with E-state index < -0.39 is 0 Å². The molecule has 2 N–H and O–H groups in total. The SMILES string of the molecule is CCOc1ccc(NC(=S)NC(Cc2ccccc2)c2ccccc2)cc1. The lowest BCUT2D eigenvalue weighted by Gasteiger charge is -2.22. The van der Waals surface area contributed by atoms with Crippen LogP contribution in [0.2, 0.25) is 0 Å². The summed E-state index contributed by atoms with van der Waals surface area (Å²) in [6.07, 6.45) is 0.857. The van der Waals surface area contributed by atoms with E-state index in [1.807, 2.05) is 43.3 Å². The van der Waals surface area contributed by atoms with E-state index in [0.717, 1.165) is 17.9 Å². The molecule has 0 saturated carbocycles. The molecule has 0 bridgehead atoms. The highest BCUT2D eigenvalue weighted by atomic mass is 32.1. The highest BCUT2D eigenvalue weighted by molar-refractivity contribution is 7.80. The predicted octanol–water partition coefficient (Wildman–Crippen LogP) is 5.36. The Morgan fingerprint density at radius 1 is 0.889 bits per heavy atom. The van der Waals surface area contributed by atoms with Gasteiger partial charge in [-0.05, 0) is 61.0 Å². The molecule has 3 aromatic rings. The maximum atomic E-state index is 5.56. The highest BCUT2D eigenvalue weighted by Gasteiger charge is 2.13. The van der Waals surface area contributed by atoms with Crippen molar-refractivity contribution in [3.05, 3.63) is 96.1 Å². The Kier molecular flexibility index (Phi) is 6.83. The third-order valence-electron chi connectivity index (χ3n) is 4.21. The van der Waals surface area contributed by atoms with E-state index in [9.17, 15) is 0 Å². The lowest BCUT2D eigenvalue weighted by atomic mass is 9.99. The van der Waals surface area contributed by atoms with Gasteiger partial charge in [-0.1, -0.05) is 60.7 Å². The smallest absolute Gasteiger partial charge is 0.171 e. The lowest BCUT2D eigenvalue weighted by Crippen LogP contribution is -2.33. The van der Waals surface area contributed by atoms with Crippen molar-refractivity contribution in [3.63, 3.8) is 0 Å². The van der Waals surface area contributed by atoms with Gasteiger partial charge in [0.2, 0.25) is 0 Å². The summed E-state index contributed by atoms with van der Waals surface area (Å²) >= 11 is 5.56. The molecular formula is C23H24N2OS. The van der Waals surface area contributed by atoms with Crippen molar-refractivity contribution in [1.82, 2.24) is 5.32 Å². The molecule has 0 fully saturated rings. The molecule has 138 valence electrons. The van der Waals surface area contributed by atoms with Crippen LogP contribution in [0, 0.1) is 0 Å². The van der Waals surface area contributed by atoms with Gasteiger partial charge in [0.1, 0.15) is 5.75 Å². The molecule has 0 radical (unpaired) electrons. The first-order valence-corrected chi connectivity index (χ1v) is 9.54. The van der Waals surface area contributed by atoms with Crippen LogP contribution in [0.25, 0.3) is 0 Å². The monoisotopic (exact) mass is 376 g/mol. The Morgan fingerprint density at radius 2 is 1.52 bits per heavy atom. The zero-order valence-electron chi connectivity index (χ0n) is 15.4. The Bertz CT molecular complexity index is 835. The highest BCUT2D eigenvalue weighted by Crippen LogP contribution is 2.20. The van der Waals surface area contributed by atoms with E-state index in [4.69, 9.17) is 17.0 Å². The third-order valence-corrected chi connectivity index (χ3v) is 4.43. The van der Waals surface area contributed by atoms with E-state index in [1.54, 1.807) is 0 Å². The first-order chi connectivity index (χ1) is 13.2. The average Bonchev–Trinajstić information content (AvgIpc) is 2.71. The Balaban J connectivity index is 1.68. The molecule has 0 amide bonds. The summed E-state index contributed by atoms with van der Waals surface area (Å²) in [5, 5.41) is 7.32. The number of nitrogens with one attached hydrogen (secondary N) is 2. The van der Waals surface area contributed by atoms with E-state index >= 15 is 0 Å². The molecule has 0 saturated heterocycles. The van der Waals surface area contributed by atoms with Gasteiger partial charge in [0.25, 0.3) is 0 Å². The number of ether oxygens (including phenoxy) is 1. The quantitative estimate of drug-likeness (QED) is 0.544. The normalized spacial score (nSPS) is 11.4.